The minimum Gasteiger partial charge on any atom is -0.463 e. The molecule has 4 N–H and O–H groups in total. The summed E-state index contributed by atoms with van der Waals surface area (Å²) < 4.78 is 61.3. The van der Waals surface area contributed by atoms with E-state index < -0.39 is 91.5 Å². The van der Waals surface area contributed by atoms with E-state index in [4.69, 9.17) is 32.3 Å². The van der Waals surface area contributed by atoms with Gasteiger partial charge in [0.25, 0.3) is 0 Å². The van der Waals surface area contributed by atoms with Crippen LogP contribution in [0, 0.1) is 0 Å². The zero-order valence-corrected chi connectivity index (χ0v) is 67.6. The number of carbonyl (C=O) groups is 3. The molecule has 0 spiro atoms. The molecule has 18 heteroatoms. The number of carbonyl (C=O) groups excluding carboxylic acids is 3. The molecule has 0 aromatic heterocycles. The predicted molar refractivity (Wildman–Crippen MR) is 436 cm³/mol. The Bertz CT molecular complexity index is 2490. The molecule has 105 heavy (non-hydrogen) atoms. The van der Waals surface area contributed by atoms with Crippen LogP contribution in [0.4, 0.5) is 0 Å². The van der Waals surface area contributed by atoms with Gasteiger partial charge in [0, 0.05) is 19.3 Å². The Morgan fingerprint density at radius 2 is 0.476 bits per heavy atom. The highest BCUT2D eigenvalue weighted by molar-refractivity contribution is 7.47. The summed E-state index contributed by atoms with van der Waals surface area (Å²) in [5, 5.41) is 20.7. The zero-order valence-electron chi connectivity index (χ0n) is 65.9. The van der Waals surface area contributed by atoms with E-state index in [0.717, 1.165) is 193 Å². The molecule has 0 aliphatic carbocycles. The van der Waals surface area contributed by atoms with Gasteiger partial charge in [0.15, 0.2) is 6.10 Å². The average molecular weight is 1510 g/mol. The van der Waals surface area contributed by atoms with Crippen molar-refractivity contribution < 1.29 is 75.8 Å². The van der Waals surface area contributed by atoms with Crippen molar-refractivity contribution in [3.8, 4) is 0 Å². The van der Waals surface area contributed by atoms with E-state index in [1.165, 1.54) is 77.0 Å². The molecule has 0 radical (unpaired) electrons. The van der Waals surface area contributed by atoms with Crippen LogP contribution in [0.2, 0.25) is 0 Å². The number of aliphatic hydroxyl groups is 2. The minimum absolute atomic E-state index is 0.0848. The smallest absolute Gasteiger partial charge is 0.463 e. The molecule has 0 aromatic carbocycles. The quantitative estimate of drug-likeness (QED) is 0.0146. The van der Waals surface area contributed by atoms with Crippen LogP contribution in [0.25, 0.3) is 0 Å². The number of hydrogen-bond donors (Lipinski definition) is 4. The van der Waals surface area contributed by atoms with Gasteiger partial charge in [0.1, 0.15) is 25.4 Å². The Kier molecular flexibility index (Phi) is 75.6. The van der Waals surface area contributed by atoms with Crippen LogP contribution < -0.4 is 0 Å². The fourth-order valence-corrected chi connectivity index (χ4v) is 12.3. The lowest BCUT2D eigenvalue weighted by molar-refractivity contribution is -0.161. The van der Waals surface area contributed by atoms with E-state index in [1.807, 2.05) is 0 Å². The van der Waals surface area contributed by atoms with Crippen molar-refractivity contribution in [2.75, 3.05) is 39.6 Å². The lowest BCUT2D eigenvalue weighted by Crippen LogP contribution is -2.30. The van der Waals surface area contributed by atoms with Gasteiger partial charge in [-0.25, -0.2) is 9.13 Å². The fraction of sp³-hybridized carbons (Fsp3) is 0.690. The Morgan fingerprint density at radius 1 is 0.267 bits per heavy atom. The Hall–Kier alpha value is -4.57. The third-order valence-electron chi connectivity index (χ3n) is 17.0. The lowest BCUT2D eigenvalue weighted by atomic mass is 10.1. The molecular formula is C87H148O16P2. The van der Waals surface area contributed by atoms with E-state index >= 15 is 0 Å². The molecule has 0 aliphatic rings. The molecule has 0 aliphatic heterocycles. The maximum atomic E-state index is 13.0. The average Bonchev–Trinajstić information content (AvgIpc) is 0.962. The summed E-state index contributed by atoms with van der Waals surface area (Å²) in [4.78, 5) is 58.8. The summed E-state index contributed by atoms with van der Waals surface area (Å²) in [6, 6.07) is 0. The SMILES string of the molecule is CCCCC/C=C\C/C=C\C/C=C\C/C=C\CCCCCCCCCC(=O)OCC(O)COP(=O)(O)OCC(O)COP(=O)(O)OCC(COC(=O)CCCCCCCCC/C=C\C/C=C\C/C=C\C/C=C\CCCCC)OC(=O)CCCCCCCCC/C=C\C/C=C\C/C=C\C/C=C\CCCCC. The molecular weight excluding hydrogens is 1360 g/mol. The van der Waals surface area contributed by atoms with Crippen molar-refractivity contribution in [1.82, 2.24) is 0 Å². The molecule has 0 aromatic rings. The second-order valence-corrected chi connectivity index (χ2v) is 30.1. The van der Waals surface area contributed by atoms with E-state index in [2.05, 4.69) is 167 Å². The van der Waals surface area contributed by atoms with Crippen molar-refractivity contribution >= 4 is 33.6 Å². The van der Waals surface area contributed by atoms with Gasteiger partial charge < -0.3 is 34.2 Å². The summed E-state index contributed by atoms with van der Waals surface area (Å²) in [6.45, 7) is 2.57. The maximum absolute atomic E-state index is 13.0. The van der Waals surface area contributed by atoms with Gasteiger partial charge in [-0.1, -0.05) is 301 Å². The number of aliphatic hydroxyl groups excluding tert-OH is 2. The van der Waals surface area contributed by atoms with E-state index in [-0.39, 0.29) is 19.3 Å². The van der Waals surface area contributed by atoms with Crippen LogP contribution in [-0.2, 0) is 55.8 Å². The monoisotopic (exact) mass is 1510 g/mol. The first-order valence-corrected chi connectivity index (χ1v) is 44.1. The molecule has 602 valence electrons. The number of phosphoric ester groups is 2. The van der Waals surface area contributed by atoms with Crippen LogP contribution >= 0.6 is 15.6 Å². The van der Waals surface area contributed by atoms with Gasteiger partial charge in [-0.2, -0.15) is 0 Å². The van der Waals surface area contributed by atoms with Crippen LogP contribution in [0.5, 0.6) is 0 Å². The number of rotatable bonds is 77. The summed E-state index contributed by atoms with van der Waals surface area (Å²) in [5.74, 6) is -1.61. The third-order valence-corrected chi connectivity index (χ3v) is 18.9. The molecule has 5 atom stereocenters. The number of unbranched alkanes of at least 4 members (excludes halogenated alkanes) is 30. The summed E-state index contributed by atoms with van der Waals surface area (Å²) in [5.41, 5.74) is 0. The first kappa shape index (κ1) is 100. The van der Waals surface area contributed by atoms with Gasteiger partial charge in [-0.05, 0) is 154 Å². The Morgan fingerprint density at radius 3 is 0.752 bits per heavy atom. The largest absolute Gasteiger partial charge is 0.472 e. The zero-order chi connectivity index (χ0) is 76.6. The van der Waals surface area contributed by atoms with Gasteiger partial charge in [-0.3, -0.25) is 32.5 Å². The van der Waals surface area contributed by atoms with Crippen LogP contribution in [0.1, 0.15) is 329 Å². The molecule has 0 bridgehead atoms. The molecule has 0 saturated carbocycles. The van der Waals surface area contributed by atoms with Crippen molar-refractivity contribution in [1.29, 1.82) is 0 Å². The molecule has 16 nitrogen and oxygen atoms in total. The highest BCUT2D eigenvalue weighted by atomic mass is 31.2. The standard InChI is InChI=1S/C87H148O16P2/c1-4-7-10-13-16-19-22-25-28-31-34-37-40-43-46-49-52-55-58-61-64-67-70-73-85(90)97-76-82(88)77-99-104(93,94)100-78-83(89)79-101-105(95,96)102-81-84(103-87(92)75-72-69-66-63-60-57-54-51-48-45-42-39-36-33-30-27-24-21-18-15-12-9-6-3)80-98-86(91)74-71-68-65-62-59-56-53-50-47-44-41-38-35-32-29-26-23-20-17-14-11-8-5-2/h16-21,25-30,34-39,43-48,82-84,88-89H,4-15,22-24,31-33,40-42,49-81H2,1-3H3,(H,93,94)(H,95,96)/b19-16-,20-17-,21-18-,28-25-,29-26-,30-27-,37-34-,38-35-,39-36-,46-43-,47-44-,48-45-. The van der Waals surface area contributed by atoms with E-state index in [9.17, 15) is 43.5 Å². The summed E-state index contributed by atoms with van der Waals surface area (Å²) in [7, 11) is -9.81. The Labute approximate surface area is 638 Å². The minimum atomic E-state index is -4.95. The molecule has 5 unspecified atom stereocenters. The number of phosphoric acid groups is 2. The van der Waals surface area contributed by atoms with Crippen LogP contribution in [0.3, 0.4) is 0 Å². The molecule has 0 rings (SSSR count). The molecule has 0 fully saturated rings. The predicted octanol–water partition coefficient (Wildman–Crippen LogP) is 24.4. The topological polar surface area (TPSA) is 231 Å². The van der Waals surface area contributed by atoms with E-state index in [1.54, 1.807) is 0 Å². The van der Waals surface area contributed by atoms with Crippen LogP contribution in [-0.4, -0.2) is 95.9 Å². The number of ether oxygens (including phenoxy) is 3. The van der Waals surface area contributed by atoms with E-state index in [0.29, 0.717) is 19.3 Å². The first-order valence-electron chi connectivity index (χ1n) is 41.1. The molecule has 0 saturated heterocycles. The number of allylic oxidation sites excluding steroid dienone is 24. The van der Waals surface area contributed by atoms with Gasteiger partial charge >= 0.3 is 33.6 Å². The van der Waals surface area contributed by atoms with Gasteiger partial charge in [0.2, 0.25) is 0 Å². The summed E-state index contributed by atoms with van der Waals surface area (Å²) >= 11 is 0. The van der Waals surface area contributed by atoms with Crippen LogP contribution in [0.15, 0.2) is 146 Å². The van der Waals surface area contributed by atoms with Gasteiger partial charge in [-0.15, -0.1) is 0 Å². The van der Waals surface area contributed by atoms with Crippen molar-refractivity contribution in [3.63, 3.8) is 0 Å². The molecule has 0 heterocycles. The summed E-state index contributed by atoms with van der Waals surface area (Å²) in [6.07, 6.45) is 97.2. The highest BCUT2D eigenvalue weighted by Gasteiger charge is 2.29. The second kappa shape index (κ2) is 79.0. The highest BCUT2D eigenvalue weighted by Crippen LogP contribution is 2.45. The maximum Gasteiger partial charge on any atom is 0.472 e. The van der Waals surface area contributed by atoms with Gasteiger partial charge in [0.05, 0.1) is 26.4 Å². The normalized spacial score (nSPS) is 14.7. The third kappa shape index (κ3) is 80.3. The number of hydrogen-bond acceptors (Lipinski definition) is 14. The molecule has 0 amide bonds. The lowest BCUT2D eigenvalue weighted by Gasteiger charge is -2.21. The second-order valence-electron chi connectivity index (χ2n) is 27.2. The first-order chi connectivity index (χ1) is 51.2. The van der Waals surface area contributed by atoms with Crippen molar-refractivity contribution in [3.05, 3.63) is 146 Å². The van der Waals surface area contributed by atoms with Crippen molar-refractivity contribution in [2.45, 2.75) is 347 Å². The number of esters is 3. The fourth-order valence-electron chi connectivity index (χ4n) is 10.7. The van der Waals surface area contributed by atoms with Crippen molar-refractivity contribution in [2.24, 2.45) is 0 Å². The Balaban J connectivity index is 4.75.